The minimum Gasteiger partial charge on any atom is -0.472 e. The maximum Gasteiger partial charge on any atom is 0.338 e. The third-order valence-electron chi connectivity index (χ3n) is 9.09. The summed E-state index contributed by atoms with van der Waals surface area (Å²) in [5.74, 6) is -9.71. The molecule has 11 atom stereocenters. The smallest absolute Gasteiger partial charge is 0.338 e. The fourth-order valence-electron chi connectivity index (χ4n) is 7.04. The van der Waals surface area contributed by atoms with Crippen molar-refractivity contribution in [2.45, 2.75) is 110 Å². The largest absolute Gasteiger partial charge is 0.472 e. The molecule has 3 aliphatic rings. The zero-order valence-corrected chi connectivity index (χ0v) is 33.9. The Morgan fingerprint density at radius 1 is 0.617 bits per heavy atom. The van der Waals surface area contributed by atoms with Crippen LogP contribution in [0.3, 0.4) is 0 Å². The number of fused-ring (bicyclic) bond motifs is 1. The Labute approximate surface area is 343 Å². The second kappa shape index (κ2) is 20.4. The predicted molar refractivity (Wildman–Crippen MR) is 193 cm³/mol. The van der Waals surface area contributed by atoms with E-state index in [1.165, 1.54) is 44.2 Å². The fraction of sp³-hybridized carbons (Fsp3) is 0.564. The molecule has 1 saturated carbocycles. The molecule has 0 spiro atoms. The van der Waals surface area contributed by atoms with Crippen molar-refractivity contribution in [3.8, 4) is 5.75 Å². The molecule has 2 heterocycles. The molecular formula is C39H46O21. The first-order valence-electron chi connectivity index (χ1n) is 18.4. The Hall–Kier alpha value is -5.93. The zero-order valence-electron chi connectivity index (χ0n) is 33.9. The van der Waals surface area contributed by atoms with Gasteiger partial charge in [-0.15, -0.1) is 0 Å². The molecule has 1 aliphatic carbocycles. The molecular weight excluding hydrogens is 804 g/mol. The van der Waals surface area contributed by atoms with Crippen molar-refractivity contribution in [1.29, 1.82) is 0 Å². The molecule has 21 heteroatoms. The molecule has 1 saturated heterocycles. The maximum absolute atomic E-state index is 13.8. The van der Waals surface area contributed by atoms with E-state index in [4.69, 9.17) is 56.8 Å². The summed E-state index contributed by atoms with van der Waals surface area (Å²) >= 11 is 0. The number of ketones is 1. The Balaban J connectivity index is 1.87. The topological polar surface area (TPSA) is 264 Å². The molecule has 2 fully saturated rings. The summed E-state index contributed by atoms with van der Waals surface area (Å²) in [6, 6.07) is 5.29. The van der Waals surface area contributed by atoms with Gasteiger partial charge in [-0.1, -0.05) is 0 Å². The lowest BCUT2D eigenvalue weighted by molar-refractivity contribution is -0.351. The lowest BCUT2D eigenvalue weighted by Crippen LogP contribution is -2.64. The lowest BCUT2D eigenvalue weighted by Gasteiger charge is -2.47. The minimum absolute atomic E-state index is 0.0347. The van der Waals surface area contributed by atoms with Gasteiger partial charge in [0.1, 0.15) is 37.8 Å². The van der Waals surface area contributed by atoms with E-state index < -0.39 is 140 Å². The second-order valence-electron chi connectivity index (χ2n) is 13.9. The fourth-order valence-corrected chi connectivity index (χ4v) is 7.04. The van der Waals surface area contributed by atoms with Gasteiger partial charge in [-0.3, -0.25) is 38.4 Å². The van der Waals surface area contributed by atoms with E-state index in [0.29, 0.717) is 0 Å². The summed E-state index contributed by atoms with van der Waals surface area (Å²) in [4.78, 5) is 112. The first kappa shape index (κ1) is 46.8. The number of carbonyl (C=O) groups is 9. The number of rotatable bonds is 16. The van der Waals surface area contributed by atoms with E-state index in [2.05, 4.69) is 0 Å². The van der Waals surface area contributed by atoms with E-state index in [1.54, 1.807) is 0 Å². The number of hydrogen-bond acceptors (Lipinski definition) is 21. The van der Waals surface area contributed by atoms with Gasteiger partial charge in [0.2, 0.25) is 12.6 Å². The summed E-state index contributed by atoms with van der Waals surface area (Å²) < 4.78 is 68.7. The first-order chi connectivity index (χ1) is 28.2. The Morgan fingerprint density at radius 3 is 1.75 bits per heavy atom. The van der Waals surface area contributed by atoms with Gasteiger partial charge in [-0.25, -0.2) is 4.79 Å². The predicted octanol–water partition coefficient (Wildman–Crippen LogP) is 1.19. The highest BCUT2D eigenvalue weighted by Gasteiger charge is 2.69. The van der Waals surface area contributed by atoms with Gasteiger partial charge in [0.15, 0.2) is 35.8 Å². The third kappa shape index (κ3) is 11.8. The highest BCUT2D eigenvalue weighted by atomic mass is 16.8. The molecule has 0 aromatic heterocycles. The third-order valence-corrected chi connectivity index (χ3v) is 9.09. The SMILES string of the molecule is CC(=O)COC1(COC(C)=O)C(OC(C)=O)C(OC(=O)c2ccc(OC(C)=O)cc2)C2C=COC(OC3OC(COC(C)=O)C(OC(C)=O)C(OC(C)=O)C3OC(C)=O)C21. The molecule has 4 rings (SSSR count). The van der Waals surface area contributed by atoms with Crippen LogP contribution in [-0.2, 0) is 90.5 Å². The molecule has 0 bridgehead atoms. The standard InChI is InChI=1S/C39H46O21/c1-18(40)15-52-39(17-51-20(3)42)30-28(31(35(39)57-25(8)47)59-36(48)26-9-11-27(12-10-26)53-21(4)43)13-14-49-37(30)60-38-34(56-24(7)46)33(55-23(6)45)32(54-22(5)44)29(58-38)16-50-19(2)41/h9-14,28-35,37-38H,15-17H2,1-8H3. The van der Waals surface area contributed by atoms with Crippen molar-refractivity contribution in [3.05, 3.63) is 42.2 Å². The highest BCUT2D eigenvalue weighted by Crippen LogP contribution is 2.52. The van der Waals surface area contributed by atoms with Gasteiger partial charge in [0.25, 0.3) is 0 Å². The molecule has 11 unspecified atom stereocenters. The van der Waals surface area contributed by atoms with Crippen LogP contribution in [0.4, 0.5) is 0 Å². The van der Waals surface area contributed by atoms with Crippen molar-refractivity contribution in [2.24, 2.45) is 11.8 Å². The van der Waals surface area contributed by atoms with Gasteiger partial charge in [0, 0.05) is 54.4 Å². The van der Waals surface area contributed by atoms with E-state index in [-0.39, 0.29) is 11.3 Å². The van der Waals surface area contributed by atoms with Crippen molar-refractivity contribution in [3.63, 3.8) is 0 Å². The van der Waals surface area contributed by atoms with Crippen molar-refractivity contribution >= 4 is 53.5 Å². The van der Waals surface area contributed by atoms with Crippen LogP contribution in [-0.4, -0.2) is 128 Å². The summed E-state index contributed by atoms with van der Waals surface area (Å²) in [6.45, 7) is 6.67. The van der Waals surface area contributed by atoms with Crippen LogP contribution >= 0.6 is 0 Å². The van der Waals surface area contributed by atoms with Crippen molar-refractivity contribution < 1.29 is 100.0 Å². The lowest BCUT2D eigenvalue weighted by atomic mass is 9.83. The van der Waals surface area contributed by atoms with Crippen LogP contribution in [0.2, 0.25) is 0 Å². The Kier molecular flexibility index (Phi) is 15.9. The average Bonchev–Trinajstić information content (AvgIpc) is 3.39. The molecule has 1 aromatic rings. The van der Waals surface area contributed by atoms with Gasteiger partial charge < -0.3 is 56.8 Å². The quantitative estimate of drug-likeness (QED) is 0.128. The zero-order chi connectivity index (χ0) is 44.5. The normalized spacial score (nSPS) is 29.0. The molecule has 21 nitrogen and oxygen atoms in total. The molecule has 60 heavy (non-hydrogen) atoms. The molecule has 0 radical (unpaired) electrons. The maximum atomic E-state index is 13.8. The van der Waals surface area contributed by atoms with Crippen LogP contribution in [0.25, 0.3) is 0 Å². The van der Waals surface area contributed by atoms with Crippen molar-refractivity contribution in [1.82, 2.24) is 0 Å². The number of esters is 8. The summed E-state index contributed by atoms with van der Waals surface area (Å²) in [5, 5.41) is 0. The van der Waals surface area contributed by atoms with Crippen LogP contribution in [0.5, 0.6) is 5.75 Å². The monoisotopic (exact) mass is 850 g/mol. The van der Waals surface area contributed by atoms with E-state index in [9.17, 15) is 43.2 Å². The molecule has 2 aliphatic heterocycles. The first-order valence-corrected chi connectivity index (χ1v) is 18.4. The molecule has 0 amide bonds. The van der Waals surface area contributed by atoms with Gasteiger partial charge in [-0.2, -0.15) is 0 Å². The summed E-state index contributed by atoms with van der Waals surface area (Å²) in [7, 11) is 0. The van der Waals surface area contributed by atoms with Crippen LogP contribution in [0.1, 0.15) is 65.7 Å². The molecule has 0 N–H and O–H groups in total. The van der Waals surface area contributed by atoms with Crippen LogP contribution in [0, 0.1) is 11.8 Å². The second-order valence-corrected chi connectivity index (χ2v) is 13.9. The Bertz CT molecular complexity index is 1820. The summed E-state index contributed by atoms with van der Waals surface area (Å²) in [5.41, 5.74) is -2.17. The number of benzene rings is 1. The Morgan fingerprint density at radius 2 is 1.20 bits per heavy atom. The minimum atomic E-state index is -2.13. The van der Waals surface area contributed by atoms with E-state index in [0.717, 1.165) is 47.8 Å². The number of ether oxygens (including phenoxy) is 12. The van der Waals surface area contributed by atoms with E-state index in [1.807, 2.05) is 0 Å². The number of Topliss-reactive ketones (excluding diaryl/α,β-unsaturated/α-hetero) is 1. The van der Waals surface area contributed by atoms with E-state index >= 15 is 0 Å². The number of hydrogen-bond donors (Lipinski definition) is 0. The highest BCUT2D eigenvalue weighted by molar-refractivity contribution is 5.90. The van der Waals surface area contributed by atoms with Crippen molar-refractivity contribution in [2.75, 3.05) is 19.8 Å². The molecule has 328 valence electrons. The average molecular weight is 851 g/mol. The van der Waals surface area contributed by atoms with Crippen LogP contribution < -0.4 is 4.74 Å². The summed E-state index contributed by atoms with van der Waals surface area (Å²) in [6.07, 6.45) is -10.5. The molecule has 1 aromatic carbocycles. The number of carbonyl (C=O) groups excluding carboxylic acids is 9. The van der Waals surface area contributed by atoms with Gasteiger partial charge in [0.05, 0.1) is 17.7 Å². The van der Waals surface area contributed by atoms with Gasteiger partial charge >= 0.3 is 47.8 Å². The van der Waals surface area contributed by atoms with Crippen LogP contribution in [0.15, 0.2) is 36.6 Å². The van der Waals surface area contributed by atoms with Gasteiger partial charge in [-0.05, 0) is 37.3 Å².